The molecule has 2 heterocycles. The van der Waals surface area contributed by atoms with Crippen LogP contribution in [0.2, 0.25) is 0 Å². The van der Waals surface area contributed by atoms with E-state index in [4.69, 9.17) is 4.98 Å². The molecule has 10 heteroatoms. The molecule has 0 bridgehead atoms. The topological polar surface area (TPSA) is 87.7 Å². The van der Waals surface area contributed by atoms with Crippen LogP contribution in [0, 0.1) is 6.92 Å². The van der Waals surface area contributed by atoms with Crippen LogP contribution in [0.3, 0.4) is 0 Å². The Balaban J connectivity index is 1.55. The van der Waals surface area contributed by atoms with Gasteiger partial charge in [-0.1, -0.05) is 84.4 Å². The number of aromatic amines is 1. The summed E-state index contributed by atoms with van der Waals surface area (Å²) < 4.78 is 40.2. The van der Waals surface area contributed by atoms with Gasteiger partial charge >= 0.3 is 6.18 Å². The van der Waals surface area contributed by atoms with Crippen molar-refractivity contribution in [3.05, 3.63) is 113 Å². The van der Waals surface area contributed by atoms with Gasteiger partial charge in [0.2, 0.25) is 5.82 Å². The average Bonchev–Trinajstić information content (AvgIpc) is 3.51. The molecule has 0 radical (unpaired) electrons. The van der Waals surface area contributed by atoms with E-state index in [0.29, 0.717) is 34.0 Å². The number of carbonyl (C=O) groups is 1. The Morgan fingerprint density at radius 2 is 1.52 bits per heavy atom. The molecular formula is C32H29F3N6O. The number of nitrogens with zero attached hydrogens (tertiary/aromatic N) is 5. The van der Waals surface area contributed by atoms with Crippen LogP contribution in [0.1, 0.15) is 28.7 Å². The number of alkyl halides is 3. The van der Waals surface area contributed by atoms with Crippen LogP contribution >= 0.6 is 0 Å². The molecule has 214 valence electrons. The Morgan fingerprint density at radius 1 is 0.833 bits per heavy atom. The predicted molar refractivity (Wildman–Crippen MR) is 155 cm³/mol. The average molecular weight is 571 g/mol. The zero-order valence-electron chi connectivity index (χ0n) is 23.0. The molecule has 2 aromatic heterocycles. The molecule has 0 spiro atoms. The van der Waals surface area contributed by atoms with Gasteiger partial charge in [0.1, 0.15) is 11.6 Å². The van der Waals surface area contributed by atoms with Crippen molar-refractivity contribution in [3.8, 4) is 22.6 Å². The molecule has 0 aliphatic carbocycles. The number of ketones is 1. The summed E-state index contributed by atoms with van der Waals surface area (Å²) in [5, 5.41) is 14.3. The van der Waals surface area contributed by atoms with Crippen LogP contribution in [0.15, 0.2) is 91.0 Å². The second kappa shape index (κ2) is 12.8. The highest BCUT2D eigenvalue weighted by molar-refractivity contribution is 5.84. The Hall–Kier alpha value is -4.86. The summed E-state index contributed by atoms with van der Waals surface area (Å²) in [6, 6.07) is 27.9. The van der Waals surface area contributed by atoms with E-state index >= 15 is 0 Å². The van der Waals surface area contributed by atoms with Crippen LogP contribution < -0.4 is 4.90 Å². The molecule has 7 nitrogen and oxygen atoms in total. The fourth-order valence-electron chi connectivity index (χ4n) is 4.71. The van der Waals surface area contributed by atoms with E-state index in [0.717, 1.165) is 16.7 Å². The summed E-state index contributed by atoms with van der Waals surface area (Å²) in [6.07, 6.45) is -5.01. The summed E-state index contributed by atoms with van der Waals surface area (Å²) in [4.78, 5) is 19.6. The molecule has 0 saturated carbocycles. The van der Waals surface area contributed by atoms with E-state index in [-0.39, 0.29) is 31.7 Å². The third kappa shape index (κ3) is 7.66. The summed E-state index contributed by atoms with van der Waals surface area (Å²) >= 11 is 0. The molecular weight excluding hydrogens is 541 g/mol. The first-order chi connectivity index (χ1) is 20.2. The molecule has 1 N–H and O–H groups in total. The highest BCUT2D eigenvalue weighted by Gasteiger charge is 2.28. The monoisotopic (exact) mass is 570 g/mol. The fourth-order valence-corrected chi connectivity index (χ4v) is 4.71. The number of benzene rings is 3. The van der Waals surface area contributed by atoms with Gasteiger partial charge in [0.25, 0.3) is 0 Å². The first-order valence-corrected chi connectivity index (χ1v) is 13.5. The molecule has 0 atom stereocenters. The first kappa shape index (κ1) is 28.7. The van der Waals surface area contributed by atoms with Gasteiger partial charge in [0.05, 0.1) is 12.1 Å². The van der Waals surface area contributed by atoms with Crippen molar-refractivity contribution in [2.75, 3.05) is 11.4 Å². The third-order valence-electron chi connectivity index (χ3n) is 6.79. The normalized spacial score (nSPS) is 11.4. The van der Waals surface area contributed by atoms with Gasteiger partial charge in [0, 0.05) is 37.1 Å². The highest BCUT2D eigenvalue weighted by Crippen LogP contribution is 2.32. The van der Waals surface area contributed by atoms with E-state index in [1.54, 1.807) is 17.0 Å². The summed E-state index contributed by atoms with van der Waals surface area (Å²) in [5.74, 6) is 0.688. The van der Waals surface area contributed by atoms with Crippen molar-refractivity contribution >= 4 is 11.6 Å². The number of hydrogen-bond donors (Lipinski definition) is 1. The molecule has 0 aliphatic heterocycles. The molecule has 5 rings (SSSR count). The number of tetrazole rings is 1. The standard InChI is InChI=1S/C32H29F3N6O/c1-22-11-13-23(14-12-22)17-26(42)18-25-19-29(27-9-5-6-10-28(27)31-37-39-40-38-31)36-30(20-25)41(16-15-32(33,34)35)21-24-7-3-2-4-8-24/h2-14,19-20H,15-18,21H2,1H3,(H,37,38,39,40). The second-order valence-corrected chi connectivity index (χ2v) is 10.1. The highest BCUT2D eigenvalue weighted by atomic mass is 19.4. The van der Waals surface area contributed by atoms with Crippen molar-refractivity contribution in [1.29, 1.82) is 0 Å². The van der Waals surface area contributed by atoms with E-state index in [1.807, 2.05) is 85.8 Å². The lowest BCUT2D eigenvalue weighted by atomic mass is 9.98. The number of anilines is 1. The minimum atomic E-state index is -4.34. The number of carbonyl (C=O) groups excluding carboxylic acids is 1. The van der Waals surface area contributed by atoms with Crippen molar-refractivity contribution in [2.45, 2.75) is 38.9 Å². The molecule has 5 aromatic rings. The lowest BCUT2D eigenvalue weighted by Gasteiger charge is -2.26. The van der Waals surface area contributed by atoms with Crippen LogP contribution in [-0.4, -0.2) is 44.1 Å². The zero-order valence-corrected chi connectivity index (χ0v) is 23.0. The van der Waals surface area contributed by atoms with Gasteiger partial charge in [-0.2, -0.15) is 18.4 Å². The van der Waals surface area contributed by atoms with Crippen LogP contribution in [0.4, 0.5) is 19.0 Å². The molecule has 0 saturated heterocycles. The van der Waals surface area contributed by atoms with Gasteiger partial charge in [-0.25, -0.2) is 4.98 Å². The number of H-pyrrole nitrogens is 1. The van der Waals surface area contributed by atoms with Gasteiger partial charge in [-0.05, 0) is 41.0 Å². The number of hydrogen-bond acceptors (Lipinski definition) is 6. The lowest BCUT2D eigenvalue weighted by molar-refractivity contribution is -0.132. The molecule has 0 aliphatic rings. The SMILES string of the molecule is Cc1ccc(CC(=O)Cc2cc(-c3ccccc3-c3nn[nH]n3)nc(N(CCC(F)(F)F)Cc3ccccc3)c2)cc1. The second-order valence-electron chi connectivity index (χ2n) is 10.1. The molecule has 42 heavy (non-hydrogen) atoms. The maximum absolute atomic E-state index is 13.4. The summed E-state index contributed by atoms with van der Waals surface area (Å²) in [5.41, 5.74) is 5.32. The molecule has 0 fully saturated rings. The number of halogens is 3. The zero-order chi connectivity index (χ0) is 29.5. The number of Topliss-reactive ketones (excluding diaryl/α,β-unsaturated/α-hetero) is 1. The van der Waals surface area contributed by atoms with Crippen LogP contribution in [0.5, 0.6) is 0 Å². The van der Waals surface area contributed by atoms with Crippen molar-refractivity contribution in [3.63, 3.8) is 0 Å². The van der Waals surface area contributed by atoms with E-state index in [2.05, 4.69) is 20.6 Å². The number of rotatable bonds is 11. The lowest BCUT2D eigenvalue weighted by Crippen LogP contribution is -2.28. The van der Waals surface area contributed by atoms with Gasteiger partial charge in [-0.3, -0.25) is 4.79 Å². The van der Waals surface area contributed by atoms with Gasteiger partial charge in [-0.15, -0.1) is 10.2 Å². The Labute approximate surface area is 241 Å². The van der Waals surface area contributed by atoms with Gasteiger partial charge in [0.15, 0.2) is 0 Å². The largest absolute Gasteiger partial charge is 0.390 e. The summed E-state index contributed by atoms with van der Waals surface area (Å²) in [6.45, 7) is 1.91. The quantitative estimate of drug-likeness (QED) is 0.194. The van der Waals surface area contributed by atoms with Crippen molar-refractivity contribution < 1.29 is 18.0 Å². The number of aryl methyl sites for hydroxylation is 1. The first-order valence-electron chi connectivity index (χ1n) is 13.5. The fraction of sp³-hybridized carbons (Fsp3) is 0.219. The Bertz CT molecular complexity index is 1620. The minimum absolute atomic E-state index is 0.0155. The number of nitrogens with one attached hydrogen (secondary N) is 1. The van der Waals surface area contributed by atoms with E-state index < -0.39 is 12.6 Å². The predicted octanol–water partition coefficient (Wildman–Crippen LogP) is 6.55. The smallest absolute Gasteiger partial charge is 0.352 e. The van der Waals surface area contributed by atoms with Gasteiger partial charge < -0.3 is 4.90 Å². The molecule has 0 amide bonds. The number of pyridine rings is 1. The maximum Gasteiger partial charge on any atom is 0.390 e. The Kier molecular flexibility index (Phi) is 8.71. The Morgan fingerprint density at radius 3 is 2.21 bits per heavy atom. The van der Waals surface area contributed by atoms with E-state index in [9.17, 15) is 18.0 Å². The van der Waals surface area contributed by atoms with Crippen molar-refractivity contribution in [1.82, 2.24) is 25.6 Å². The van der Waals surface area contributed by atoms with E-state index in [1.165, 1.54) is 0 Å². The van der Waals surface area contributed by atoms with Crippen molar-refractivity contribution in [2.24, 2.45) is 0 Å². The third-order valence-corrected chi connectivity index (χ3v) is 6.79. The minimum Gasteiger partial charge on any atom is -0.352 e. The van der Waals surface area contributed by atoms with Crippen LogP contribution in [0.25, 0.3) is 22.6 Å². The molecule has 3 aromatic carbocycles. The summed E-state index contributed by atoms with van der Waals surface area (Å²) in [7, 11) is 0. The van der Waals surface area contributed by atoms with Crippen LogP contribution in [-0.2, 0) is 24.2 Å². The molecule has 0 unspecified atom stereocenters. The maximum atomic E-state index is 13.4. The number of aromatic nitrogens is 5.